The average Bonchev–Trinajstić information content (AvgIpc) is 3.61. The third kappa shape index (κ3) is 5.79. The number of carboxylic acid groups (broad SMARTS) is 1. The van der Waals surface area contributed by atoms with Crippen LogP contribution in [0.25, 0.3) is 11.1 Å². The number of thioether (sulfide) groups is 1. The Kier molecular flexibility index (Phi) is 7.67. The predicted octanol–water partition coefficient (Wildman–Crippen LogP) is 3.46. The number of amides is 2. The normalized spacial score (nSPS) is 19.1. The third-order valence-corrected chi connectivity index (χ3v) is 8.54. The van der Waals surface area contributed by atoms with E-state index in [1.54, 1.807) is 11.1 Å². The molecule has 1 fully saturated rings. The SMILES string of the molecule is O=C(O)CN1CCN(c2ccc(-c3ccc4c(c3)C(=O)N(C(C(=O)NC3NC=CS3)c3ccccc3)C4)cc2)CC1. The summed E-state index contributed by atoms with van der Waals surface area (Å²) < 4.78 is 0. The second kappa shape index (κ2) is 11.7. The van der Waals surface area contributed by atoms with E-state index in [1.807, 2.05) is 58.8 Å². The van der Waals surface area contributed by atoms with E-state index in [9.17, 15) is 14.4 Å². The predicted molar refractivity (Wildman–Crippen MR) is 159 cm³/mol. The van der Waals surface area contributed by atoms with Gasteiger partial charge >= 0.3 is 5.97 Å². The minimum Gasteiger partial charge on any atom is -0.480 e. The molecule has 0 aromatic heterocycles. The van der Waals surface area contributed by atoms with Gasteiger partial charge in [0.05, 0.1) is 6.54 Å². The van der Waals surface area contributed by atoms with E-state index in [1.165, 1.54) is 11.8 Å². The fourth-order valence-corrected chi connectivity index (χ4v) is 6.26. The summed E-state index contributed by atoms with van der Waals surface area (Å²) in [6.07, 6.45) is 1.79. The highest BCUT2D eigenvalue weighted by Crippen LogP contribution is 2.35. The number of piperazine rings is 1. The lowest BCUT2D eigenvalue weighted by atomic mass is 10.00. The Hall–Kier alpha value is -4.28. The topological polar surface area (TPSA) is 105 Å². The smallest absolute Gasteiger partial charge is 0.317 e. The molecule has 10 heteroatoms. The fraction of sp³-hybridized carbons (Fsp3) is 0.258. The van der Waals surface area contributed by atoms with E-state index in [-0.39, 0.29) is 23.9 Å². The van der Waals surface area contributed by atoms with Crippen molar-refractivity contribution in [2.75, 3.05) is 37.6 Å². The monoisotopic (exact) mass is 569 g/mol. The van der Waals surface area contributed by atoms with Crippen LogP contribution in [0.5, 0.6) is 0 Å². The number of nitrogens with zero attached hydrogens (tertiary/aromatic N) is 3. The van der Waals surface area contributed by atoms with Gasteiger partial charge in [0.15, 0.2) is 5.50 Å². The van der Waals surface area contributed by atoms with Gasteiger partial charge in [0, 0.05) is 50.2 Å². The van der Waals surface area contributed by atoms with Crippen molar-refractivity contribution in [3.63, 3.8) is 0 Å². The number of fused-ring (bicyclic) bond motifs is 1. The summed E-state index contributed by atoms with van der Waals surface area (Å²) in [4.78, 5) is 44.1. The Labute approximate surface area is 242 Å². The van der Waals surface area contributed by atoms with Crippen molar-refractivity contribution in [2.24, 2.45) is 0 Å². The first-order valence-corrected chi connectivity index (χ1v) is 14.6. The van der Waals surface area contributed by atoms with E-state index in [0.29, 0.717) is 25.2 Å². The fourth-order valence-electron chi connectivity index (χ4n) is 5.61. The first-order valence-electron chi connectivity index (χ1n) is 13.6. The van der Waals surface area contributed by atoms with E-state index in [4.69, 9.17) is 5.11 Å². The lowest BCUT2D eigenvalue weighted by Crippen LogP contribution is -2.47. The van der Waals surface area contributed by atoms with Crippen LogP contribution in [0.4, 0.5) is 5.69 Å². The number of carbonyl (C=O) groups excluding carboxylic acids is 2. The number of aliphatic carboxylic acids is 1. The summed E-state index contributed by atoms with van der Waals surface area (Å²) in [7, 11) is 0. The summed E-state index contributed by atoms with van der Waals surface area (Å²) in [5.74, 6) is -1.19. The Morgan fingerprint density at radius 2 is 1.71 bits per heavy atom. The van der Waals surface area contributed by atoms with Crippen molar-refractivity contribution >= 4 is 35.2 Å². The van der Waals surface area contributed by atoms with Crippen LogP contribution in [-0.4, -0.2) is 70.9 Å². The van der Waals surface area contributed by atoms with Gasteiger partial charge in [-0.25, -0.2) is 0 Å². The number of carboxylic acids is 1. The van der Waals surface area contributed by atoms with Crippen molar-refractivity contribution in [3.8, 4) is 11.1 Å². The molecule has 3 N–H and O–H groups in total. The highest BCUT2D eigenvalue weighted by Gasteiger charge is 2.38. The lowest BCUT2D eigenvalue weighted by molar-refractivity contribution is -0.138. The summed E-state index contributed by atoms with van der Waals surface area (Å²) in [5, 5.41) is 17.0. The zero-order chi connectivity index (χ0) is 28.3. The second-order valence-corrected chi connectivity index (χ2v) is 11.3. The van der Waals surface area contributed by atoms with Crippen molar-refractivity contribution in [1.29, 1.82) is 0 Å². The van der Waals surface area contributed by atoms with Crippen LogP contribution in [-0.2, 0) is 16.1 Å². The molecule has 0 radical (unpaired) electrons. The van der Waals surface area contributed by atoms with Gasteiger partial charge in [0.25, 0.3) is 5.91 Å². The molecule has 3 aromatic rings. The van der Waals surface area contributed by atoms with E-state index >= 15 is 0 Å². The summed E-state index contributed by atoms with van der Waals surface area (Å²) >= 11 is 1.47. The van der Waals surface area contributed by atoms with E-state index in [0.717, 1.165) is 41.0 Å². The molecule has 0 saturated carbocycles. The number of anilines is 1. The van der Waals surface area contributed by atoms with Gasteiger partial charge < -0.3 is 25.5 Å². The van der Waals surface area contributed by atoms with Crippen molar-refractivity contribution in [2.45, 2.75) is 18.1 Å². The highest BCUT2D eigenvalue weighted by molar-refractivity contribution is 8.02. The van der Waals surface area contributed by atoms with E-state index < -0.39 is 12.0 Å². The average molecular weight is 570 g/mol. The summed E-state index contributed by atoms with van der Waals surface area (Å²) in [6, 6.07) is 22.9. The highest BCUT2D eigenvalue weighted by atomic mass is 32.2. The minimum absolute atomic E-state index is 0.0757. The number of nitrogens with one attached hydrogen (secondary N) is 2. The number of hydrogen-bond acceptors (Lipinski definition) is 7. The number of carbonyl (C=O) groups is 3. The molecular formula is C31H31N5O4S. The van der Waals surface area contributed by atoms with Gasteiger partial charge in [-0.2, -0.15) is 0 Å². The molecule has 9 nitrogen and oxygen atoms in total. The molecule has 2 atom stereocenters. The van der Waals surface area contributed by atoms with Crippen LogP contribution < -0.4 is 15.5 Å². The van der Waals surface area contributed by atoms with Crippen LogP contribution in [0.15, 0.2) is 84.4 Å². The van der Waals surface area contributed by atoms with Crippen molar-refractivity contribution in [3.05, 3.63) is 101 Å². The lowest BCUT2D eigenvalue weighted by Gasteiger charge is -2.35. The molecule has 41 heavy (non-hydrogen) atoms. The first kappa shape index (κ1) is 26.9. The van der Waals surface area contributed by atoms with Crippen LogP contribution in [0.2, 0.25) is 0 Å². The Balaban J connectivity index is 1.18. The van der Waals surface area contributed by atoms with Crippen LogP contribution >= 0.6 is 11.8 Å². The molecule has 210 valence electrons. The van der Waals surface area contributed by atoms with Crippen molar-refractivity contribution in [1.82, 2.24) is 20.4 Å². The molecule has 0 aliphatic carbocycles. The molecule has 0 bridgehead atoms. The minimum atomic E-state index is -0.796. The third-order valence-electron chi connectivity index (χ3n) is 7.72. The molecule has 3 aliphatic heterocycles. The van der Waals surface area contributed by atoms with E-state index in [2.05, 4.69) is 39.8 Å². The van der Waals surface area contributed by atoms with Gasteiger partial charge in [-0.05, 0) is 45.9 Å². The zero-order valence-corrected chi connectivity index (χ0v) is 23.2. The van der Waals surface area contributed by atoms with Crippen LogP contribution in [0.3, 0.4) is 0 Å². The molecule has 0 spiro atoms. The summed E-state index contributed by atoms with van der Waals surface area (Å²) in [5.41, 5.74) is 5.05. The number of hydrogen-bond donors (Lipinski definition) is 3. The largest absolute Gasteiger partial charge is 0.480 e. The standard InChI is InChI=1S/C31H31N5O4S/c37-27(38)20-34-13-15-35(16-14-34)25-10-8-21(9-11-25)23-6-7-24-19-36(30(40)26(24)18-23)28(22-4-2-1-3-5-22)29(39)33-31-32-12-17-41-31/h1-12,17-18,28,31-32H,13-16,19-20H2,(H,33,39)(H,37,38). The quantitative estimate of drug-likeness (QED) is 0.379. The van der Waals surface area contributed by atoms with Gasteiger partial charge in [0.1, 0.15) is 6.04 Å². The molecule has 3 heterocycles. The maximum atomic E-state index is 13.8. The molecule has 2 unspecified atom stereocenters. The molecule has 3 aromatic carbocycles. The zero-order valence-electron chi connectivity index (χ0n) is 22.4. The Bertz CT molecular complexity index is 1460. The maximum Gasteiger partial charge on any atom is 0.317 e. The van der Waals surface area contributed by atoms with Gasteiger partial charge in [-0.1, -0.05) is 66.4 Å². The Morgan fingerprint density at radius 3 is 2.39 bits per heavy atom. The van der Waals surface area contributed by atoms with Gasteiger partial charge in [-0.15, -0.1) is 0 Å². The van der Waals surface area contributed by atoms with Crippen LogP contribution in [0, 0.1) is 0 Å². The molecule has 2 amide bonds. The molecular weight excluding hydrogens is 538 g/mol. The molecule has 1 saturated heterocycles. The first-order chi connectivity index (χ1) is 20.0. The Morgan fingerprint density at radius 1 is 0.976 bits per heavy atom. The molecule has 6 rings (SSSR count). The number of benzene rings is 3. The van der Waals surface area contributed by atoms with Gasteiger partial charge in [0.2, 0.25) is 5.91 Å². The molecule has 3 aliphatic rings. The van der Waals surface area contributed by atoms with Crippen LogP contribution in [0.1, 0.15) is 27.5 Å². The number of rotatable bonds is 8. The van der Waals surface area contributed by atoms with Crippen molar-refractivity contribution < 1.29 is 19.5 Å². The summed E-state index contributed by atoms with van der Waals surface area (Å²) in [6.45, 7) is 3.42. The van der Waals surface area contributed by atoms with Gasteiger partial charge in [-0.3, -0.25) is 19.3 Å². The maximum absolute atomic E-state index is 13.8. The second-order valence-electron chi connectivity index (χ2n) is 10.3.